The Labute approximate surface area is 170 Å². The van der Waals surface area contributed by atoms with E-state index in [4.69, 9.17) is 4.74 Å². The van der Waals surface area contributed by atoms with E-state index in [-0.39, 0.29) is 36.7 Å². The van der Waals surface area contributed by atoms with Gasteiger partial charge in [-0.2, -0.15) is 13.2 Å². The predicted molar refractivity (Wildman–Crippen MR) is 104 cm³/mol. The third kappa shape index (κ3) is 7.95. The topological polar surface area (TPSA) is 50.8 Å². The second-order valence-electron chi connectivity index (χ2n) is 8.04. The average molecular weight is 416 g/mol. The molecule has 1 aromatic carbocycles. The first kappa shape index (κ1) is 23.6. The fraction of sp³-hybridized carbons (Fsp3) is 0.667. The van der Waals surface area contributed by atoms with Gasteiger partial charge in [0.1, 0.15) is 6.61 Å². The summed E-state index contributed by atoms with van der Waals surface area (Å²) < 4.78 is 46.8. The number of hydrogen-bond acceptors (Lipinski definition) is 4. The lowest BCUT2D eigenvalue weighted by Gasteiger charge is -2.41. The molecule has 1 heterocycles. The molecule has 8 heteroatoms. The lowest BCUT2D eigenvalue weighted by Crippen LogP contribution is -2.56. The number of benzene rings is 1. The van der Waals surface area contributed by atoms with Crippen LogP contribution >= 0.6 is 0 Å². The number of nitrogens with one attached hydrogen (secondary N) is 1. The van der Waals surface area contributed by atoms with Crippen LogP contribution < -0.4 is 5.32 Å². The predicted octanol–water partition coefficient (Wildman–Crippen LogP) is 3.52. The molecule has 29 heavy (non-hydrogen) atoms. The zero-order valence-electron chi connectivity index (χ0n) is 17.5. The molecule has 0 radical (unpaired) electrons. The summed E-state index contributed by atoms with van der Waals surface area (Å²) >= 11 is 0. The molecular formula is C21H31F3N2O3. The number of carbonyl (C=O) groups is 1. The number of hydrogen-bond donors (Lipinski definition) is 1. The summed E-state index contributed by atoms with van der Waals surface area (Å²) in [6, 6.07) is 6.76. The van der Waals surface area contributed by atoms with Crippen LogP contribution in [0.3, 0.4) is 0 Å². The molecule has 2 rings (SSSR count). The largest absolute Gasteiger partial charge is 0.411 e. The van der Waals surface area contributed by atoms with E-state index in [0.717, 1.165) is 5.56 Å². The molecule has 3 atom stereocenters. The molecule has 0 spiro atoms. The number of amides is 1. The maximum Gasteiger partial charge on any atom is 0.411 e. The molecule has 164 valence electrons. The van der Waals surface area contributed by atoms with Gasteiger partial charge in [-0.15, -0.1) is 0 Å². The van der Waals surface area contributed by atoms with Crippen LogP contribution in [0.25, 0.3) is 0 Å². The molecule has 1 aliphatic rings. The molecule has 1 saturated heterocycles. The normalized spacial score (nSPS) is 21.9. The van der Waals surface area contributed by atoms with Gasteiger partial charge in [-0.3, -0.25) is 9.69 Å². The zero-order chi connectivity index (χ0) is 21.6. The first-order chi connectivity index (χ1) is 13.5. The molecule has 0 saturated carbocycles. The first-order valence-electron chi connectivity index (χ1n) is 9.94. The minimum absolute atomic E-state index is 0.0288. The third-order valence-corrected chi connectivity index (χ3v) is 4.77. The van der Waals surface area contributed by atoms with E-state index < -0.39 is 12.8 Å². The lowest BCUT2D eigenvalue weighted by atomic mass is 9.99. The Hall–Kier alpha value is -1.64. The van der Waals surface area contributed by atoms with Gasteiger partial charge in [0.25, 0.3) is 0 Å². The van der Waals surface area contributed by atoms with Gasteiger partial charge in [0.15, 0.2) is 0 Å². The van der Waals surface area contributed by atoms with E-state index in [1.54, 1.807) is 24.3 Å². The molecule has 0 aliphatic carbocycles. The van der Waals surface area contributed by atoms with E-state index in [1.807, 2.05) is 27.7 Å². The van der Waals surface area contributed by atoms with E-state index in [2.05, 4.69) is 15.0 Å². The second-order valence-corrected chi connectivity index (χ2v) is 8.04. The molecule has 5 nitrogen and oxygen atoms in total. The highest BCUT2D eigenvalue weighted by atomic mass is 19.4. The van der Waals surface area contributed by atoms with Crippen molar-refractivity contribution < 1.29 is 27.4 Å². The van der Waals surface area contributed by atoms with E-state index in [1.165, 1.54) is 0 Å². The molecule has 0 aromatic heterocycles. The van der Waals surface area contributed by atoms with Gasteiger partial charge >= 0.3 is 6.18 Å². The molecule has 1 aliphatic heterocycles. The minimum atomic E-state index is -4.33. The lowest BCUT2D eigenvalue weighted by molar-refractivity contribution is -0.176. The minimum Gasteiger partial charge on any atom is -0.373 e. The Kier molecular flexibility index (Phi) is 8.48. The van der Waals surface area contributed by atoms with Crippen LogP contribution in [0.5, 0.6) is 0 Å². The number of carbonyl (C=O) groups excluding carboxylic acids is 1. The van der Waals surface area contributed by atoms with Gasteiger partial charge in [-0.05, 0) is 30.9 Å². The van der Waals surface area contributed by atoms with Crippen molar-refractivity contribution in [1.82, 2.24) is 10.2 Å². The summed E-state index contributed by atoms with van der Waals surface area (Å²) in [5, 5.41) is 2.99. The third-order valence-electron chi connectivity index (χ3n) is 4.77. The molecular weight excluding hydrogens is 385 g/mol. The standard InChI is InChI=1S/C21H31F3N2O3/c1-14(2)19(26-10-15(3)29-16(4)11-26)20(27)25-9-17-5-7-18(8-6-17)12-28-13-21(22,23)24/h5-8,14-16,19H,9-13H2,1-4H3,(H,25,27)/t15-,16+,19-/m0/s1. The van der Waals surface area contributed by atoms with Crippen LogP contribution in [0.4, 0.5) is 13.2 Å². The zero-order valence-corrected chi connectivity index (χ0v) is 17.5. The number of rotatable bonds is 8. The fourth-order valence-corrected chi connectivity index (χ4v) is 3.67. The quantitative estimate of drug-likeness (QED) is 0.705. The maximum absolute atomic E-state index is 12.9. The van der Waals surface area contributed by atoms with Crippen molar-refractivity contribution >= 4 is 5.91 Å². The summed E-state index contributed by atoms with van der Waals surface area (Å²) in [5.41, 5.74) is 1.53. The Morgan fingerprint density at radius 3 is 2.24 bits per heavy atom. The molecule has 0 unspecified atom stereocenters. The summed E-state index contributed by atoms with van der Waals surface area (Å²) in [5.74, 6) is 0.125. The number of halogens is 3. The van der Waals surface area contributed by atoms with Crippen LogP contribution in [0.1, 0.15) is 38.8 Å². The molecule has 0 bridgehead atoms. The summed E-state index contributed by atoms with van der Waals surface area (Å²) in [6.07, 6.45) is -4.16. The van der Waals surface area contributed by atoms with Crippen LogP contribution in [0, 0.1) is 5.92 Å². The summed E-state index contributed by atoms with van der Waals surface area (Å²) in [6.45, 7) is 8.52. The van der Waals surface area contributed by atoms with E-state index in [0.29, 0.717) is 25.2 Å². The van der Waals surface area contributed by atoms with Crippen LogP contribution in [-0.4, -0.2) is 54.9 Å². The molecule has 1 aromatic rings. The van der Waals surface area contributed by atoms with E-state index >= 15 is 0 Å². The van der Waals surface area contributed by atoms with Crippen molar-refractivity contribution in [3.63, 3.8) is 0 Å². The van der Waals surface area contributed by atoms with Crippen LogP contribution in [-0.2, 0) is 27.4 Å². The van der Waals surface area contributed by atoms with Crippen molar-refractivity contribution in [2.75, 3.05) is 19.7 Å². The summed E-state index contributed by atoms with van der Waals surface area (Å²) in [7, 11) is 0. The Bertz CT molecular complexity index is 640. The van der Waals surface area contributed by atoms with Gasteiger partial charge in [0.2, 0.25) is 5.91 Å². The van der Waals surface area contributed by atoms with Crippen molar-refractivity contribution in [3.05, 3.63) is 35.4 Å². The Balaban J connectivity index is 1.87. The molecule has 1 amide bonds. The number of morpholine rings is 1. The Morgan fingerprint density at radius 2 is 1.72 bits per heavy atom. The average Bonchev–Trinajstić information content (AvgIpc) is 2.59. The van der Waals surface area contributed by atoms with Crippen molar-refractivity contribution in [2.45, 2.75) is 65.3 Å². The number of ether oxygens (including phenoxy) is 2. The first-order valence-corrected chi connectivity index (χ1v) is 9.94. The van der Waals surface area contributed by atoms with Crippen LogP contribution in [0.2, 0.25) is 0 Å². The number of alkyl halides is 3. The van der Waals surface area contributed by atoms with Gasteiger partial charge < -0.3 is 14.8 Å². The number of nitrogens with zero attached hydrogens (tertiary/aromatic N) is 1. The summed E-state index contributed by atoms with van der Waals surface area (Å²) in [4.78, 5) is 15.0. The monoisotopic (exact) mass is 416 g/mol. The maximum atomic E-state index is 12.9. The molecule has 1 N–H and O–H groups in total. The van der Waals surface area contributed by atoms with E-state index in [9.17, 15) is 18.0 Å². The highest BCUT2D eigenvalue weighted by molar-refractivity contribution is 5.82. The van der Waals surface area contributed by atoms with Crippen LogP contribution in [0.15, 0.2) is 24.3 Å². The fourth-order valence-electron chi connectivity index (χ4n) is 3.67. The van der Waals surface area contributed by atoms with Gasteiger partial charge in [0, 0.05) is 19.6 Å². The van der Waals surface area contributed by atoms with Crippen molar-refractivity contribution in [1.29, 1.82) is 0 Å². The highest BCUT2D eigenvalue weighted by Crippen LogP contribution is 2.19. The smallest absolute Gasteiger partial charge is 0.373 e. The van der Waals surface area contributed by atoms with Gasteiger partial charge in [0.05, 0.1) is 24.9 Å². The SMILES string of the molecule is CC(C)[C@@H](C(=O)NCc1ccc(COCC(F)(F)F)cc1)N1C[C@@H](C)O[C@@H](C)C1. The molecule has 1 fully saturated rings. The second kappa shape index (κ2) is 10.4. The van der Waals surface area contributed by atoms with Crippen molar-refractivity contribution in [2.24, 2.45) is 5.92 Å². The van der Waals surface area contributed by atoms with Gasteiger partial charge in [-0.25, -0.2) is 0 Å². The van der Waals surface area contributed by atoms with Gasteiger partial charge in [-0.1, -0.05) is 38.1 Å². The van der Waals surface area contributed by atoms with Crippen molar-refractivity contribution in [3.8, 4) is 0 Å². The highest BCUT2D eigenvalue weighted by Gasteiger charge is 2.34. The Morgan fingerprint density at radius 1 is 1.17 bits per heavy atom.